The van der Waals surface area contributed by atoms with Crippen LogP contribution >= 0.6 is 22.7 Å². The molecule has 0 saturated carbocycles. The summed E-state index contributed by atoms with van der Waals surface area (Å²) in [6.07, 6.45) is -3.10. The van der Waals surface area contributed by atoms with Gasteiger partial charge in [-0.05, 0) is 29.6 Å². The number of aliphatic carboxylic acids is 1. The molecule has 4 aromatic rings. The molecule has 1 fully saturated rings. The molecule has 0 radical (unpaired) electrons. The third-order valence-corrected chi connectivity index (χ3v) is 7.36. The Kier molecular flexibility index (Phi) is 8.59. The molecule has 0 aromatic carbocycles. The molecule has 196 valence electrons. The molecule has 5 heterocycles. The summed E-state index contributed by atoms with van der Waals surface area (Å²) in [4.78, 5) is 30.2. The number of halogens is 3. The highest BCUT2D eigenvalue weighted by Gasteiger charge is 2.38. The zero-order valence-electron chi connectivity index (χ0n) is 19.4. The number of nitrogens with one attached hydrogen (secondary N) is 1. The molecule has 5 rings (SSSR count). The lowest BCUT2D eigenvalue weighted by Crippen LogP contribution is -2.41. The summed E-state index contributed by atoms with van der Waals surface area (Å²) in [7, 11) is 0. The van der Waals surface area contributed by atoms with Gasteiger partial charge in [0, 0.05) is 37.8 Å². The fraction of sp³-hybridized carbons (Fsp3) is 0.292. The van der Waals surface area contributed by atoms with Gasteiger partial charge in [-0.3, -0.25) is 9.69 Å². The molecule has 0 spiro atoms. The highest BCUT2D eigenvalue weighted by atomic mass is 32.1. The van der Waals surface area contributed by atoms with Crippen LogP contribution in [0.2, 0.25) is 0 Å². The minimum atomic E-state index is -5.08. The Morgan fingerprint density at radius 1 is 1.14 bits per heavy atom. The van der Waals surface area contributed by atoms with Gasteiger partial charge >= 0.3 is 12.1 Å². The third-order valence-electron chi connectivity index (χ3n) is 5.48. The number of alkyl halides is 3. The van der Waals surface area contributed by atoms with E-state index >= 15 is 0 Å². The third kappa shape index (κ3) is 6.74. The van der Waals surface area contributed by atoms with Crippen LogP contribution in [0.1, 0.15) is 10.4 Å². The second-order valence-electron chi connectivity index (χ2n) is 7.93. The van der Waals surface area contributed by atoms with Crippen molar-refractivity contribution in [3.63, 3.8) is 0 Å². The van der Waals surface area contributed by atoms with Crippen molar-refractivity contribution in [1.29, 1.82) is 0 Å². The number of hydrogen-bond acceptors (Lipinski definition) is 7. The van der Waals surface area contributed by atoms with Gasteiger partial charge in [-0.2, -0.15) is 13.2 Å². The van der Waals surface area contributed by atoms with E-state index in [-0.39, 0.29) is 5.91 Å². The van der Waals surface area contributed by atoms with Crippen LogP contribution < -0.4 is 5.32 Å². The Morgan fingerprint density at radius 2 is 1.89 bits per heavy atom. The number of thiazole rings is 1. The first-order valence-electron chi connectivity index (χ1n) is 11.2. The van der Waals surface area contributed by atoms with Gasteiger partial charge in [0.25, 0.3) is 5.91 Å². The van der Waals surface area contributed by atoms with Crippen LogP contribution in [-0.4, -0.2) is 76.8 Å². The molecular weight excluding hydrogens is 529 g/mol. The molecule has 1 saturated heterocycles. The summed E-state index contributed by atoms with van der Waals surface area (Å²) in [6.45, 7) is 4.84. The molecule has 1 aliphatic heterocycles. The predicted molar refractivity (Wildman–Crippen MR) is 135 cm³/mol. The van der Waals surface area contributed by atoms with E-state index in [2.05, 4.69) is 27.0 Å². The highest BCUT2D eigenvalue weighted by molar-refractivity contribution is 7.20. The molecule has 0 unspecified atom stereocenters. The number of carbonyl (C=O) groups is 2. The summed E-state index contributed by atoms with van der Waals surface area (Å²) >= 11 is 3.31. The fourth-order valence-corrected chi connectivity index (χ4v) is 5.31. The van der Waals surface area contributed by atoms with Crippen LogP contribution in [0.4, 0.5) is 13.2 Å². The number of morpholine rings is 1. The Hall–Kier alpha value is -3.26. The van der Waals surface area contributed by atoms with E-state index in [9.17, 15) is 18.0 Å². The number of rotatable bonds is 6. The first kappa shape index (κ1) is 26.8. The van der Waals surface area contributed by atoms with E-state index in [0.29, 0.717) is 12.1 Å². The van der Waals surface area contributed by atoms with Crippen molar-refractivity contribution in [2.75, 3.05) is 39.4 Å². The van der Waals surface area contributed by atoms with Crippen LogP contribution in [0.5, 0.6) is 0 Å². The number of carbonyl (C=O) groups excluding carboxylic acids is 1. The first-order valence-corrected chi connectivity index (χ1v) is 13.0. The van der Waals surface area contributed by atoms with E-state index in [1.54, 1.807) is 22.7 Å². The maximum atomic E-state index is 13.0. The summed E-state index contributed by atoms with van der Waals surface area (Å²) in [5.74, 6) is -2.81. The molecule has 37 heavy (non-hydrogen) atoms. The standard InChI is InChI=1S/C22H22N4O2S2.C2HF3O2/c27-21(23-6-8-25-9-11-28-12-10-25)16-14-19(26-7-2-1-4-18(16)26)17-15-30-22(24-17)20-5-3-13-29-20;3-2(4,5)1(6)7/h1-5,7,13-15H,6,8-12H2,(H,23,27);(H,6,7). The molecule has 0 aliphatic carbocycles. The van der Waals surface area contributed by atoms with Crippen molar-refractivity contribution < 1.29 is 32.6 Å². The number of fused-ring (bicyclic) bond motifs is 1. The van der Waals surface area contributed by atoms with E-state index in [1.165, 1.54) is 0 Å². The van der Waals surface area contributed by atoms with Gasteiger partial charge in [-0.1, -0.05) is 12.1 Å². The molecular formula is C24H23F3N4O4S2. The van der Waals surface area contributed by atoms with E-state index in [1.807, 2.05) is 40.9 Å². The number of aromatic nitrogens is 2. The Morgan fingerprint density at radius 3 is 2.57 bits per heavy atom. The van der Waals surface area contributed by atoms with Gasteiger partial charge in [0.15, 0.2) is 0 Å². The fourth-order valence-electron chi connectivity index (χ4n) is 3.68. The summed E-state index contributed by atoms with van der Waals surface area (Å²) < 4.78 is 39.2. The van der Waals surface area contributed by atoms with Crippen molar-refractivity contribution in [2.45, 2.75) is 6.18 Å². The minimum Gasteiger partial charge on any atom is -0.475 e. The van der Waals surface area contributed by atoms with Gasteiger partial charge in [0.05, 0.1) is 40.6 Å². The molecule has 1 aliphatic rings. The number of carboxylic acids is 1. The zero-order chi connectivity index (χ0) is 26.4. The lowest BCUT2D eigenvalue weighted by atomic mass is 10.2. The number of carboxylic acid groups (broad SMARTS) is 1. The maximum absolute atomic E-state index is 13.0. The average Bonchev–Trinajstić information content (AvgIpc) is 3.64. The average molecular weight is 553 g/mol. The van der Waals surface area contributed by atoms with Gasteiger partial charge in [-0.15, -0.1) is 22.7 Å². The summed E-state index contributed by atoms with van der Waals surface area (Å²) in [5, 5.41) is 15.3. The maximum Gasteiger partial charge on any atom is 0.490 e. The largest absolute Gasteiger partial charge is 0.490 e. The normalized spacial score (nSPS) is 14.2. The first-order chi connectivity index (χ1) is 17.7. The monoisotopic (exact) mass is 552 g/mol. The number of hydrogen-bond donors (Lipinski definition) is 2. The molecule has 2 N–H and O–H groups in total. The molecule has 0 atom stereocenters. The second kappa shape index (κ2) is 11.9. The highest BCUT2D eigenvalue weighted by Crippen LogP contribution is 2.33. The van der Waals surface area contributed by atoms with Crippen molar-refractivity contribution in [1.82, 2.24) is 19.6 Å². The van der Waals surface area contributed by atoms with Crippen molar-refractivity contribution in [3.8, 4) is 21.3 Å². The van der Waals surface area contributed by atoms with Crippen molar-refractivity contribution in [2.24, 2.45) is 0 Å². The smallest absolute Gasteiger partial charge is 0.475 e. The lowest BCUT2D eigenvalue weighted by molar-refractivity contribution is -0.192. The molecule has 8 nitrogen and oxygen atoms in total. The van der Waals surface area contributed by atoms with E-state index in [0.717, 1.165) is 59.6 Å². The van der Waals surface area contributed by atoms with Crippen LogP contribution in [0.3, 0.4) is 0 Å². The summed E-state index contributed by atoms with van der Waals surface area (Å²) in [6, 6.07) is 12.0. The van der Waals surface area contributed by atoms with E-state index < -0.39 is 12.1 Å². The lowest BCUT2D eigenvalue weighted by Gasteiger charge is -2.26. The van der Waals surface area contributed by atoms with Gasteiger partial charge < -0.3 is 19.6 Å². The minimum absolute atomic E-state index is 0.0491. The van der Waals surface area contributed by atoms with E-state index in [4.69, 9.17) is 19.6 Å². The van der Waals surface area contributed by atoms with Gasteiger partial charge in [0.1, 0.15) is 5.01 Å². The Labute approximate surface area is 217 Å². The predicted octanol–water partition coefficient (Wildman–Crippen LogP) is 4.49. The van der Waals surface area contributed by atoms with Crippen LogP contribution in [0, 0.1) is 0 Å². The molecule has 1 amide bonds. The number of pyridine rings is 1. The topological polar surface area (TPSA) is 96.2 Å². The summed E-state index contributed by atoms with van der Waals surface area (Å²) in [5.41, 5.74) is 3.39. The number of amides is 1. The molecule has 0 bridgehead atoms. The number of ether oxygens (including phenoxy) is 1. The van der Waals surface area contributed by atoms with Crippen molar-refractivity contribution in [3.05, 3.63) is 58.9 Å². The second-order valence-corrected chi connectivity index (χ2v) is 9.73. The Balaban J connectivity index is 0.000000405. The van der Waals surface area contributed by atoms with Crippen LogP contribution in [0.25, 0.3) is 26.8 Å². The van der Waals surface area contributed by atoms with Gasteiger partial charge in [0.2, 0.25) is 0 Å². The van der Waals surface area contributed by atoms with Crippen LogP contribution in [-0.2, 0) is 9.53 Å². The van der Waals surface area contributed by atoms with Gasteiger partial charge in [-0.25, -0.2) is 9.78 Å². The Bertz CT molecular complexity index is 1350. The van der Waals surface area contributed by atoms with Crippen LogP contribution in [0.15, 0.2) is 53.4 Å². The number of nitrogens with zero attached hydrogens (tertiary/aromatic N) is 3. The zero-order valence-corrected chi connectivity index (χ0v) is 21.0. The quantitative estimate of drug-likeness (QED) is 0.366. The van der Waals surface area contributed by atoms with Crippen molar-refractivity contribution >= 4 is 40.1 Å². The number of thiophene rings is 1. The SMILES string of the molecule is O=C(NCCN1CCOCC1)c1cc(-c2csc(-c3cccs3)n2)n2ccccc12.O=C(O)C(F)(F)F. The molecule has 4 aromatic heterocycles. The molecule has 13 heteroatoms.